The molecule has 0 unspecified atom stereocenters. The zero-order valence-electron chi connectivity index (χ0n) is 15.7. The van der Waals surface area contributed by atoms with Gasteiger partial charge in [0.1, 0.15) is 0 Å². The number of hydrogen-bond acceptors (Lipinski definition) is 4. The van der Waals surface area contributed by atoms with Crippen LogP contribution < -0.4 is 0 Å². The second-order valence-corrected chi connectivity index (χ2v) is 9.44. The molecule has 25 heavy (non-hydrogen) atoms. The minimum Gasteiger partial charge on any atom is -0.345 e. The number of likely N-dealkylation sites (tertiary alicyclic amines) is 1. The molecule has 0 radical (unpaired) electrons. The van der Waals surface area contributed by atoms with Crippen molar-refractivity contribution < 1.29 is 9.59 Å². The third kappa shape index (κ3) is 4.06. The Bertz CT molecular complexity index is 657. The van der Waals surface area contributed by atoms with Crippen molar-refractivity contribution in [3.8, 4) is 0 Å². The van der Waals surface area contributed by atoms with Gasteiger partial charge in [-0.05, 0) is 19.1 Å². The maximum atomic E-state index is 12.6. The Morgan fingerprint density at radius 1 is 1.24 bits per heavy atom. The molecule has 2 aliphatic heterocycles. The summed E-state index contributed by atoms with van der Waals surface area (Å²) >= 11 is 1.83. The molecule has 1 aromatic heterocycles. The van der Waals surface area contributed by atoms with Crippen molar-refractivity contribution in [2.24, 2.45) is 11.3 Å². The van der Waals surface area contributed by atoms with Gasteiger partial charge in [-0.25, -0.2) is 0 Å². The fourth-order valence-corrected chi connectivity index (χ4v) is 5.08. The molecular formula is C19H29N3O2S. The van der Waals surface area contributed by atoms with Gasteiger partial charge in [0.2, 0.25) is 11.8 Å². The maximum absolute atomic E-state index is 12.6. The zero-order chi connectivity index (χ0) is 18.2. The molecule has 3 heterocycles. The van der Waals surface area contributed by atoms with Crippen molar-refractivity contribution in [2.75, 3.05) is 39.8 Å². The first-order valence-electron chi connectivity index (χ1n) is 9.08. The van der Waals surface area contributed by atoms with Crippen molar-refractivity contribution >= 4 is 23.2 Å². The lowest BCUT2D eigenvalue weighted by molar-refractivity contribution is -0.135. The SMILES string of the molecule is Cc1ccc(CN2CCN(C(=O)C(C)C)C[C@]3(CC(=O)N(C)C3)C2)s1. The Morgan fingerprint density at radius 3 is 2.56 bits per heavy atom. The van der Waals surface area contributed by atoms with Crippen LogP contribution >= 0.6 is 11.3 Å². The second kappa shape index (κ2) is 7.08. The molecule has 2 aliphatic rings. The third-order valence-corrected chi connectivity index (χ3v) is 6.26. The van der Waals surface area contributed by atoms with Crippen molar-refractivity contribution in [1.82, 2.24) is 14.7 Å². The monoisotopic (exact) mass is 363 g/mol. The van der Waals surface area contributed by atoms with E-state index in [1.807, 2.05) is 42.0 Å². The normalized spacial score (nSPS) is 25.2. The molecular weight excluding hydrogens is 334 g/mol. The van der Waals surface area contributed by atoms with Gasteiger partial charge in [-0.3, -0.25) is 14.5 Å². The summed E-state index contributed by atoms with van der Waals surface area (Å²) in [6, 6.07) is 4.36. The first-order chi connectivity index (χ1) is 11.8. The molecule has 0 aromatic carbocycles. The van der Waals surface area contributed by atoms with Crippen LogP contribution in [0.25, 0.3) is 0 Å². The summed E-state index contributed by atoms with van der Waals surface area (Å²) in [6.07, 6.45) is 0.547. The van der Waals surface area contributed by atoms with E-state index in [9.17, 15) is 9.59 Å². The minimum absolute atomic E-state index is 0.00150. The standard InChI is InChI=1S/C19H29N3O2S/c1-14(2)18(24)22-8-7-21(10-16-6-5-15(3)25-16)12-19(13-22)9-17(23)20(4)11-19/h5-6,14H,7-13H2,1-4H3/t19-/m0/s1. The van der Waals surface area contributed by atoms with Crippen molar-refractivity contribution in [3.05, 3.63) is 21.9 Å². The summed E-state index contributed by atoms with van der Waals surface area (Å²) in [7, 11) is 1.88. The molecule has 1 atom stereocenters. The fraction of sp³-hybridized carbons (Fsp3) is 0.684. The van der Waals surface area contributed by atoms with Gasteiger partial charge in [0.25, 0.3) is 0 Å². The van der Waals surface area contributed by atoms with Crippen molar-refractivity contribution in [3.63, 3.8) is 0 Å². The number of aryl methyl sites for hydroxylation is 1. The Kier molecular flexibility index (Phi) is 5.21. The first-order valence-corrected chi connectivity index (χ1v) is 9.90. The van der Waals surface area contributed by atoms with Gasteiger partial charge in [0.15, 0.2) is 0 Å². The smallest absolute Gasteiger partial charge is 0.225 e. The predicted octanol–water partition coefficient (Wildman–Crippen LogP) is 2.21. The number of carbonyl (C=O) groups excluding carboxylic acids is 2. The molecule has 2 amide bonds. The van der Waals surface area contributed by atoms with E-state index in [-0.39, 0.29) is 23.1 Å². The van der Waals surface area contributed by atoms with Crippen LogP contribution in [0.15, 0.2) is 12.1 Å². The van der Waals surface area contributed by atoms with Crippen molar-refractivity contribution in [2.45, 2.75) is 33.7 Å². The maximum Gasteiger partial charge on any atom is 0.225 e. The van der Waals surface area contributed by atoms with Gasteiger partial charge in [0.05, 0.1) is 0 Å². The number of amides is 2. The van der Waals surface area contributed by atoms with Crippen molar-refractivity contribution in [1.29, 1.82) is 0 Å². The summed E-state index contributed by atoms with van der Waals surface area (Å²) < 4.78 is 0. The van der Waals surface area contributed by atoms with E-state index in [1.54, 1.807) is 0 Å². The Balaban J connectivity index is 1.81. The van der Waals surface area contributed by atoms with Crippen LogP contribution in [-0.2, 0) is 16.1 Å². The van der Waals surface area contributed by atoms with Crippen LogP contribution in [0.1, 0.15) is 30.0 Å². The van der Waals surface area contributed by atoms with Gasteiger partial charge < -0.3 is 9.80 Å². The molecule has 1 aromatic rings. The first kappa shape index (κ1) is 18.4. The molecule has 138 valence electrons. The van der Waals surface area contributed by atoms with Gasteiger partial charge >= 0.3 is 0 Å². The lowest BCUT2D eigenvalue weighted by Gasteiger charge is -2.33. The van der Waals surface area contributed by atoms with Crippen LogP contribution in [0.3, 0.4) is 0 Å². The van der Waals surface area contributed by atoms with Crippen LogP contribution in [0, 0.1) is 18.3 Å². The largest absolute Gasteiger partial charge is 0.345 e. The lowest BCUT2D eigenvalue weighted by atomic mass is 9.85. The summed E-state index contributed by atoms with van der Waals surface area (Å²) in [6.45, 7) is 10.9. The Hall–Kier alpha value is -1.40. The second-order valence-electron chi connectivity index (χ2n) is 8.06. The zero-order valence-corrected chi connectivity index (χ0v) is 16.6. The van der Waals surface area contributed by atoms with E-state index >= 15 is 0 Å². The molecule has 2 saturated heterocycles. The molecule has 0 saturated carbocycles. The van der Waals surface area contributed by atoms with Crippen LogP contribution in [0.5, 0.6) is 0 Å². The highest BCUT2D eigenvalue weighted by Gasteiger charge is 2.46. The minimum atomic E-state index is -0.140. The highest BCUT2D eigenvalue weighted by atomic mass is 32.1. The van der Waals surface area contributed by atoms with Crippen LogP contribution in [0.4, 0.5) is 0 Å². The lowest BCUT2D eigenvalue weighted by Crippen LogP contribution is -2.45. The van der Waals surface area contributed by atoms with E-state index in [0.29, 0.717) is 13.0 Å². The number of carbonyl (C=O) groups is 2. The molecule has 0 N–H and O–H groups in total. The summed E-state index contributed by atoms with van der Waals surface area (Å²) in [5, 5.41) is 0. The van der Waals surface area contributed by atoms with E-state index in [4.69, 9.17) is 0 Å². The van der Waals surface area contributed by atoms with Gasteiger partial charge in [-0.1, -0.05) is 13.8 Å². The van der Waals surface area contributed by atoms with Gasteiger partial charge in [0, 0.05) is 73.8 Å². The molecule has 0 bridgehead atoms. The molecule has 6 heteroatoms. The number of rotatable bonds is 3. The Labute approximate surface area is 154 Å². The van der Waals surface area contributed by atoms with E-state index < -0.39 is 0 Å². The summed E-state index contributed by atoms with van der Waals surface area (Å²) in [5.41, 5.74) is -0.140. The predicted molar refractivity (Wildman–Crippen MR) is 100 cm³/mol. The third-order valence-electron chi connectivity index (χ3n) is 5.28. The average molecular weight is 364 g/mol. The molecule has 2 fully saturated rings. The molecule has 3 rings (SSSR count). The average Bonchev–Trinajstić information content (AvgIpc) is 2.99. The van der Waals surface area contributed by atoms with E-state index in [2.05, 4.69) is 24.0 Å². The molecule has 1 spiro atoms. The van der Waals surface area contributed by atoms with E-state index in [1.165, 1.54) is 9.75 Å². The van der Waals surface area contributed by atoms with Gasteiger partial charge in [-0.2, -0.15) is 0 Å². The quantitative estimate of drug-likeness (QED) is 0.827. The molecule has 0 aliphatic carbocycles. The van der Waals surface area contributed by atoms with Crippen LogP contribution in [0.2, 0.25) is 0 Å². The highest BCUT2D eigenvalue weighted by Crippen LogP contribution is 2.35. The number of thiophene rings is 1. The van der Waals surface area contributed by atoms with Gasteiger partial charge in [-0.15, -0.1) is 11.3 Å². The summed E-state index contributed by atoms with van der Waals surface area (Å²) in [4.78, 5) is 33.8. The topological polar surface area (TPSA) is 43.9 Å². The molecule has 5 nitrogen and oxygen atoms in total. The number of nitrogens with zero attached hydrogens (tertiary/aromatic N) is 3. The Morgan fingerprint density at radius 2 is 2.00 bits per heavy atom. The fourth-order valence-electron chi connectivity index (χ4n) is 4.14. The van der Waals surface area contributed by atoms with E-state index in [0.717, 1.165) is 32.7 Å². The number of hydrogen-bond donors (Lipinski definition) is 0. The summed E-state index contributed by atoms with van der Waals surface area (Å²) in [5.74, 6) is 0.402. The highest BCUT2D eigenvalue weighted by molar-refractivity contribution is 7.11. The van der Waals surface area contributed by atoms with Crippen LogP contribution in [-0.4, -0.2) is 66.3 Å².